The van der Waals surface area contributed by atoms with E-state index in [2.05, 4.69) is 13.8 Å². The summed E-state index contributed by atoms with van der Waals surface area (Å²) in [5.74, 6) is 2.13. The van der Waals surface area contributed by atoms with Crippen LogP contribution in [0.2, 0.25) is 0 Å². The number of thioether (sulfide) groups is 1. The molecule has 0 N–H and O–H groups in total. The summed E-state index contributed by atoms with van der Waals surface area (Å²) in [4.78, 5) is 32.7. The zero-order chi connectivity index (χ0) is 21.6. The number of carbonyl (C=O) groups is 2. The second-order valence-electron chi connectivity index (χ2n) is 8.42. The molecule has 30 heavy (non-hydrogen) atoms. The molecule has 0 spiro atoms. The number of Topliss-reactive ketones (excluding diaryl/α,β-unsaturated/α-hetero) is 1. The molecule has 1 aromatic rings. The average Bonchev–Trinajstić information content (AvgIpc) is 2.70. The number of rotatable bonds is 4. The van der Waals surface area contributed by atoms with Gasteiger partial charge < -0.3 is 14.2 Å². The molecule has 0 saturated carbocycles. The number of ether oxygens (including phenoxy) is 3. The maximum absolute atomic E-state index is 13.3. The molecule has 0 radical (unpaired) electrons. The summed E-state index contributed by atoms with van der Waals surface area (Å²) in [6, 6.07) is 3.09. The monoisotopic (exact) mass is 430 g/mol. The zero-order valence-corrected chi connectivity index (χ0v) is 18.7. The molecule has 160 valence electrons. The second kappa shape index (κ2) is 7.65. The highest BCUT2D eigenvalue weighted by molar-refractivity contribution is 8.14. The highest BCUT2D eigenvalue weighted by Gasteiger charge is 2.46. The molecule has 0 unspecified atom stereocenters. The van der Waals surface area contributed by atoms with E-state index in [1.165, 1.54) is 0 Å². The molecule has 1 aromatic carbocycles. The van der Waals surface area contributed by atoms with E-state index in [1.807, 2.05) is 12.1 Å². The van der Waals surface area contributed by atoms with E-state index in [1.54, 1.807) is 38.0 Å². The highest BCUT2D eigenvalue weighted by atomic mass is 32.2. The Kier molecular flexibility index (Phi) is 5.30. The Balaban J connectivity index is 1.94. The number of methoxy groups -OCH3 is 3. The molecule has 0 bridgehead atoms. The van der Waals surface area contributed by atoms with Crippen LogP contribution in [0.1, 0.15) is 44.7 Å². The van der Waals surface area contributed by atoms with Crippen LogP contribution < -0.4 is 14.2 Å². The van der Waals surface area contributed by atoms with Gasteiger partial charge in [0.1, 0.15) is 0 Å². The lowest BCUT2D eigenvalue weighted by Gasteiger charge is -2.43. The standard InChI is InChI=1S/C22H26N2O5S/c1-22(2)10-13-18(14(25)11-22)19(24-17(26)6-7-30-21(24)23-13)12-8-15(27-3)20(29-5)16(9-12)28-4/h8-9,19H,6-7,10-11H2,1-5H3/t19-/m0/s1. The summed E-state index contributed by atoms with van der Waals surface area (Å²) in [6.45, 7) is 4.16. The van der Waals surface area contributed by atoms with Crippen LogP contribution in [-0.4, -0.2) is 48.8 Å². The lowest BCUT2D eigenvalue weighted by Crippen LogP contribution is -2.47. The summed E-state index contributed by atoms with van der Waals surface area (Å²) in [5.41, 5.74) is 1.96. The van der Waals surface area contributed by atoms with Gasteiger partial charge in [-0.1, -0.05) is 25.6 Å². The van der Waals surface area contributed by atoms with Crippen molar-refractivity contribution < 1.29 is 23.8 Å². The van der Waals surface area contributed by atoms with Gasteiger partial charge in [0.15, 0.2) is 22.4 Å². The predicted octanol–water partition coefficient (Wildman–Crippen LogP) is 3.73. The van der Waals surface area contributed by atoms with Gasteiger partial charge in [-0.3, -0.25) is 14.5 Å². The number of carbonyl (C=O) groups excluding carboxylic acids is 2. The summed E-state index contributed by atoms with van der Waals surface area (Å²) < 4.78 is 16.5. The fourth-order valence-electron chi connectivity index (χ4n) is 4.40. The van der Waals surface area contributed by atoms with Gasteiger partial charge in [-0.15, -0.1) is 0 Å². The Hall–Kier alpha value is -2.48. The molecule has 8 heteroatoms. The number of nitrogens with zero attached hydrogens (tertiary/aromatic N) is 2. The van der Waals surface area contributed by atoms with Crippen molar-refractivity contribution in [3.05, 3.63) is 29.0 Å². The SMILES string of the molecule is COc1cc([C@H]2C3=C(CC(C)(C)CC3=O)N=C3SCCC(=O)N32)cc(OC)c1OC. The second-order valence-corrected chi connectivity index (χ2v) is 9.48. The minimum Gasteiger partial charge on any atom is -0.493 e. The van der Waals surface area contributed by atoms with Crippen LogP contribution in [0.25, 0.3) is 0 Å². The van der Waals surface area contributed by atoms with Crippen molar-refractivity contribution in [1.29, 1.82) is 0 Å². The fraction of sp³-hybridized carbons (Fsp3) is 0.500. The smallest absolute Gasteiger partial charge is 0.230 e. The molecule has 1 fully saturated rings. The maximum atomic E-state index is 13.3. The molecule has 2 heterocycles. The van der Waals surface area contributed by atoms with Crippen molar-refractivity contribution >= 4 is 28.6 Å². The first kappa shape index (κ1) is 20.8. The van der Waals surface area contributed by atoms with Crippen molar-refractivity contribution in [2.45, 2.75) is 39.2 Å². The van der Waals surface area contributed by atoms with Gasteiger partial charge in [0.05, 0.1) is 33.1 Å². The Morgan fingerprint density at radius 2 is 1.73 bits per heavy atom. The van der Waals surface area contributed by atoms with Crippen LogP contribution >= 0.6 is 11.8 Å². The van der Waals surface area contributed by atoms with Crippen LogP contribution in [0.15, 0.2) is 28.4 Å². The number of hydrogen-bond donors (Lipinski definition) is 0. The third-order valence-electron chi connectivity index (χ3n) is 5.68. The van der Waals surface area contributed by atoms with Gasteiger partial charge >= 0.3 is 0 Å². The number of allylic oxidation sites excluding steroid dienone is 1. The van der Waals surface area contributed by atoms with Gasteiger partial charge in [-0.2, -0.15) is 0 Å². The molecular weight excluding hydrogens is 404 g/mol. The molecule has 1 atom stereocenters. The number of amides is 1. The number of aliphatic imine (C=N–C) groups is 1. The van der Waals surface area contributed by atoms with Crippen molar-refractivity contribution in [3.8, 4) is 17.2 Å². The quantitative estimate of drug-likeness (QED) is 0.724. The first-order valence-electron chi connectivity index (χ1n) is 9.89. The highest BCUT2D eigenvalue weighted by Crippen LogP contribution is 2.50. The predicted molar refractivity (Wildman–Crippen MR) is 115 cm³/mol. The summed E-state index contributed by atoms with van der Waals surface area (Å²) in [7, 11) is 4.65. The molecule has 7 nitrogen and oxygen atoms in total. The number of benzene rings is 1. The van der Waals surface area contributed by atoms with Crippen molar-refractivity contribution in [1.82, 2.24) is 4.90 Å². The van der Waals surface area contributed by atoms with E-state index in [0.717, 1.165) is 11.3 Å². The summed E-state index contributed by atoms with van der Waals surface area (Å²) in [6.07, 6.45) is 1.53. The molecule has 0 aromatic heterocycles. The lowest BCUT2D eigenvalue weighted by atomic mass is 9.73. The van der Waals surface area contributed by atoms with Crippen LogP contribution in [0.4, 0.5) is 0 Å². The van der Waals surface area contributed by atoms with Gasteiger partial charge in [0.2, 0.25) is 11.7 Å². The lowest BCUT2D eigenvalue weighted by molar-refractivity contribution is -0.128. The Bertz CT molecular complexity index is 957. The van der Waals surface area contributed by atoms with Crippen molar-refractivity contribution in [2.24, 2.45) is 10.4 Å². The van der Waals surface area contributed by atoms with E-state index in [-0.39, 0.29) is 17.1 Å². The van der Waals surface area contributed by atoms with Crippen molar-refractivity contribution in [2.75, 3.05) is 27.1 Å². The van der Waals surface area contributed by atoms with E-state index in [0.29, 0.717) is 53.0 Å². The van der Waals surface area contributed by atoms with Gasteiger partial charge in [0, 0.05) is 24.2 Å². The molecule has 3 aliphatic rings. The summed E-state index contributed by atoms with van der Waals surface area (Å²) in [5, 5.41) is 0.661. The topological polar surface area (TPSA) is 77.4 Å². The molecule has 1 amide bonds. The van der Waals surface area contributed by atoms with Gasteiger partial charge in [0.25, 0.3) is 0 Å². The summed E-state index contributed by atoms with van der Waals surface area (Å²) >= 11 is 1.56. The third-order valence-corrected chi connectivity index (χ3v) is 6.64. The molecular formula is C22H26N2O5S. The third kappa shape index (κ3) is 3.37. The minimum absolute atomic E-state index is 0.0320. The van der Waals surface area contributed by atoms with E-state index >= 15 is 0 Å². The number of amidine groups is 1. The van der Waals surface area contributed by atoms with Crippen LogP contribution in [0.5, 0.6) is 17.2 Å². The van der Waals surface area contributed by atoms with E-state index in [4.69, 9.17) is 19.2 Å². The average molecular weight is 431 g/mol. The number of fused-ring (bicyclic) bond motifs is 1. The van der Waals surface area contributed by atoms with E-state index < -0.39 is 6.04 Å². The molecule has 4 rings (SSSR count). The Labute approximate surface area is 180 Å². The first-order chi connectivity index (χ1) is 14.3. The fourth-order valence-corrected chi connectivity index (χ4v) is 5.38. The number of hydrogen-bond acceptors (Lipinski definition) is 7. The van der Waals surface area contributed by atoms with Crippen LogP contribution in [0.3, 0.4) is 0 Å². The number of ketones is 1. The van der Waals surface area contributed by atoms with E-state index in [9.17, 15) is 9.59 Å². The molecule has 1 saturated heterocycles. The minimum atomic E-state index is -0.551. The van der Waals surface area contributed by atoms with Crippen LogP contribution in [-0.2, 0) is 9.59 Å². The normalized spacial score (nSPS) is 22.9. The van der Waals surface area contributed by atoms with Gasteiger partial charge in [-0.25, -0.2) is 4.99 Å². The Morgan fingerprint density at radius 1 is 1.07 bits per heavy atom. The van der Waals surface area contributed by atoms with Crippen molar-refractivity contribution in [3.63, 3.8) is 0 Å². The maximum Gasteiger partial charge on any atom is 0.230 e. The molecule has 2 aliphatic heterocycles. The van der Waals surface area contributed by atoms with Crippen LogP contribution in [0, 0.1) is 5.41 Å². The van der Waals surface area contributed by atoms with Gasteiger partial charge in [-0.05, 0) is 29.5 Å². The zero-order valence-electron chi connectivity index (χ0n) is 17.9. The largest absolute Gasteiger partial charge is 0.493 e. The molecule has 1 aliphatic carbocycles. The first-order valence-corrected chi connectivity index (χ1v) is 10.9. The Morgan fingerprint density at radius 3 is 2.33 bits per heavy atom.